The Morgan fingerprint density at radius 1 is 1.06 bits per heavy atom. The first-order valence-electron chi connectivity index (χ1n) is 10.6. The minimum atomic E-state index is -0.776. The van der Waals surface area contributed by atoms with Crippen molar-refractivity contribution in [2.45, 2.75) is 46.0 Å². The van der Waals surface area contributed by atoms with Gasteiger partial charge in [0.25, 0.3) is 0 Å². The lowest BCUT2D eigenvalue weighted by molar-refractivity contribution is -0.143. The zero-order valence-electron chi connectivity index (χ0n) is 17.9. The Labute approximate surface area is 181 Å². The predicted octanol–water partition coefficient (Wildman–Crippen LogP) is 5.27. The number of nitrogens with zero attached hydrogens (tertiary/aromatic N) is 1. The standard InChI is InChI=1S/C24H27F2NO4/c1-3-29-22-10-9-17(14-27-22)19-7-5-6-18(19)15-31-24-20(25)12-16(13-21(24)26)8-11-23(28)30-4-2/h9-10,12-14H,3-8,11,15H2,1-2H3. The average molecular weight is 431 g/mol. The summed E-state index contributed by atoms with van der Waals surface area (Å²) in [6, 6.07) is 6.17. The number of allylic oxidation sites excluding steroid dienone is 1. The van der Waals surface area contributed by atoms with Crippen molar-refractivity contribution < 1.29 is 27.8 Å². The van der Waals surface area contributed by atoms with Gasteiger partial charge in [0.1, 0.15) is 6.61 Å². The van der Waals surface area contributed by atoms with Crippen molar-refractivity contribution in [2.75, 3.05) is 19.8 Å². The van der Waals surface area contributed by atoms with Gasteiger partial charge in [-0.1, -0.05) is 0 Å². The predicted molar refractivity (Wildman–Crippen MR) is 113 cm³/mol. The largest absolute Gasteiger partial charge is 0.483 e. The maximum absolute atomic E-state index is 14.5. The molecule has 0 aliphatic heterocycles. The van der Waals surface area contributed by atoms with Crippen LogP contribution < -0.4 is 9.47 Å². The fourth-order valence-electron chi connectivity index (χ4n) is 3.64. The summed E-state index contributed by atoms with van der Waals surface area (Å²) in [6.07, 6.45) is 4.66. The summed E-state index contributed by atoms with van der Waals surface area (Å²) in [6.45, 7) is 4.54. The Morgan fingerprint density at radius 3 is 2.48 bits per heavy atom. The minimum Gasteiger partial charge on any atom is -0.483 e. The molecule has 0 amide bonds. The van der Waals surface area contributed by atoms with Gasteiger partial charge in [0.2, 0.25) is 5.88 Å². The van der Waals surface area contributed by atoms with Crippen LogP contribution in [-0.4, -0.2) is 30.8 Å². The van der Waals surface area contributed by atoms with Gasteiger partial charge >= 0.3 is 5.97 Å². The highest BCUT2D eigenvalue weighted by Gasteiger charge is 2.20. The summed E-state index contributed by atoms with van der Waals surface area (Å²) < 4.78 is 44.7. The van der Waals surface area contributed by atoms with Gasteiger partial charge in [0.05, 0.1) is 13.2 Å². The number of halogens is 2. The van der Waals surface area contributed by atoms with Crippen LogP contribution in [0.4, 0.5) is 8.78 Å². The minimum absolute atomic E-state index is 0.0687. The number of esters is 1. The van der Waals surface area contributed by atoms with Crippen LogP contribution in [0.5, 0.6) is 11.6 Å². The van der Waals surface area contributed by atoms with Crippen molar-refractivity contribution in [3.63, 3.8) is 0 Å². The second kappa shape index (κ2) is 10.9. The van der Waals surface area contributed by atoms with Crippen molar-refractivity contribution in [1.82, 2.24) is 4.98 Å². The molecule has 1 aliphatic rings. The number of carbonyl (C=O) groups excluding carboxylic acids is 1. The smallest absolute Gasteiger partial charge is 0.306 e. The molecule has 7 heteroatoms. The monoisotopic (exact) mass is 431 g/mol. The van der Waals surface area contributed by atoms with E-state index in [1.807, 2.05) is 19.1 Å². The molecular weight excluding hydrogens is 404 g/mol. The zero-order valence-corrected chi connectivity index (χ0v) is 17.9. The molecule has 0 radical (unpaired) electrons. The van der Waals surface area contributed by atoms with Gasteiger partial charge in [-0.3, -0.25) is 4.79 Å². The molecule has 0 N–H and O–H groups in total. The Kier molecular flexibility index (Phi) is 7.98. The van der Waals surface area contributed by atoms with Crippen molar-refractivity contribution in [3.05, 3.63) is 58.8 Å². The van der Waals surface area contributed by atoms with Gasteiger partial charge < -0.3 is 14.2 Å². The van der Waals surface area contributed by atoms with E-state index >= 15 is 0 Å². The number of carbonyl (C=O) groups is 1. The van der Waals surface area contributed by atoms with E-state index < -0.39 is 23.4 Å². The first-order valence-corrected chi connectivity index (χ1v) is 10.6. The van der Waals surface area contributed by atoms with Gasteiger partial charge in [0.15, 0.2) is 17.4 Å². The zero-order chi connectivity index (χ0) is 22.2. The third kappa shape index (κ3) is 6.03. The molecule has 31 heavy (non-hydrogen) atoms. The molecule has 1 aromatic carbocycles. The van der Waals surface area contributed by atoms with E-state index in [1.165, 1.54) is 12.1 Å². The van der Waals surface area contributed by atoms with E-state index in [2.05, 4.69) is 4.98 Å². The lowest BCUT2D eigenvalue weighted by Gasteiger charge is -2.13. The maximum atomic E-state index is 14.5. The van der Waals surface area contributed by atoms with Crippen LogP contribution in [0.15, 0.2) is 36.0 Å². The highest BCUT2D eigenvalue weighted by atomic mass is 19.1. The van der Waals surface area contributed by atoms with Crippen molar-refractivity contribution >= 4 is 11.5 Å². The first-order chi connectivity index (χ1) is 15.0. The Balaban J connectivity index is 1.68. The molecule has 0 atom stereocenters. The van der Waals surface area contributed by atoms with E-state index in [0.717, 1.165) is 36.0 Å². The van der Waals surface area contributed by atoms with Crippen LogP contribution in [0.3, 0.4) is 0 Å². The molecule has 0 saturated carbocycles. The van der Waals surface area contributed by atoms with E-state index in [0.29, 0.717) is 18.1 Å². The molecule has 1 aromatic heterocycles. The van der Waals surface area contributed by atoms with Crippen molar-refractivity contribution in [2.24, 2.45) is 0 Å². The number of benzene rings is 1. The summed E-state index contributed by atoms with van der Waals surface area (Å²) in [4.78, 5) is 15.7. The van der Waals surface area contributed by atoms with Gasteiger partial charge in [-0.05, 0) is 80.0 Å². The second-order valence-electron chi connectivity index (χ2n) is 7.24. The molecule has 3 rings (SSSR count). The van der Waals surface area contributed by atoms with Crippen LogP contribution in [-0.2, 0) is 16.0 Å². The third-order valence-electron chi connectivity index (χ3n) is 5.08. The Bertz CT molecular complexity index is 918. The Hall–Kier alpha value is -2.96. The highest BCUT2D eigenvalue weighted by molar-refractivity contribution is 5.70. The van der Waals surface area contributed by atoms with Crippen LogP contribution in [0.1, 0.15) is 50.7 Å². The number of aromatic nitrogens is 1. The van der Waals surface area contributed by atoms with Crippen LogP contribution in [0, 0.1) is 11.6 Å². The molecule has 0 bridgehead atoms. The summed E-state index contributed by atoms with van der Waals surface area (Å²) >= 11 is 0. The SMILES string of the molecule is CCOC(=O)CCc1cc(F)c(OCC2=C(c3ccc(OCC)nc3)CCC2)c(F)c1. The molecule has 5 nitrogen and oxygen atoms in total. The van der Waals surface area contributed by atoms with Crippen LogP contribution >= 0.6 is 0 Å². The lowest BCUT2D eigenvalue weighted by Crippen LogP contribution is -2.07. The molecule has 2 aromatic rings. The highest BCUT2D eigenvalue weighted by Crippen LogP contribution is 2.35. The molecule has 166 valence electrons. The third-order valence-corrected chi connectivity index (χ3v) is 5.08. The van der Waals surface area contributed by atoms with E-state index in [4.69, 9.17) is 14.2 Å². The molecule has 0 spiro atoms. The van der Waals surface area contributed by atoms with E-state index in [1.54, 1.807) is 13.1 Å². The summed E-state index contributed by atoms with van der Waals surface area (Å²) in [7, 11) is 0. The second-order valence-corrected chi connectivity index (χ2v) is 7.24. The number of hydrogen-bond acceptors (Lipinski definition) is 5. The average Bonchev–Trinajstić information content (AvgIpc) is 3.21. The van der Waals surface area contributed by atoms with Crippen LogP contribution in [0.25, 0.3) is 5.57 Å². The van der Waals surface area contributed by atoms with Gasteiger partial charge in [0, 0.05) is 18.7 Å². The fourth-order valence-corrected chi connectivity index (χ4v) is 3.64. The molecule has 0 saturated heterocycles. The molecular formula is C24H27F2NO4. The molecule has 0 unspecified atom stereocenters. The van der Waals surface area contributed by atoms with Crippen molar-refractivity contribution in [3.8, 4) is 11.6 Å². The topological polar surface area (TPSA) is 57.7 Å². The van der Waals surface area contributed by atoms with Gasteiger partial charge in [-0.15, -0.1) is 0 Å². The normalized spacial score (nSPS) is 13.4. The number of rotatable bonds is 10. The molecule has 1 heterocycles. The first kappa shape index (κ1) is 22.7. The number of hydrogen-bond donors (Lipinski definition) is 0. The fraction of sp³-hybridized carbons (Fsp3) is 0.417. The van der Waals surface area contributed by atoms with Gasteiger partial charge in [-0.2, -0.15) is 0 Å². The Morgan fingerprint density at radius 2 is 1.84 bits per heavy atom. The summed E-state index contributed by atoms with van der Waals surface area (Å²) in [5, 5.41) is 0. The molecule has 1 aliphatic carbocycles. The van der Waals surface area contributed by atoms with E-state index in [-0.39, 0.29) is 26.1 Å². The number of aryl methyl sites for hydroxylation is 1. The molecule has 0 fully saturated rings. The van der Waals surface area contributed by atoms with Crippen LogP contribution in [0.2, 0.25) is 0 Å². The van der Waals surface area contributed by atoms with Crippen molar-refractivity contribution in [1.29, 1.82) is 0 Å². The lowest BCUT2D eigenvalue weighted by atomic mass is 10.0. The summed E-state index contributed by atoms with van der Waals surface area (Å²) in [5.41, 5.74) is 3.46. The summed E-state index contributed by atoms with van der Waals surface area (Å²) in [5.74, 6) is -1.78. The maximum Gasteiger partial charge on any atom is 0.306 e. The number of ether oxygens (including phenoxy) is 3. The van der Waals surface area contributed by atoms with E-state index in [9.17, 15) is 13.6 Å². The van der Waals surface area contributed by atoms with Gasteiger partial charge in [-0.25, -0.2) is 13.8 Å². The quantitative estimate of drug-likeness (QED) is 0.480. The number of pyridine rings is 1.